The SMILES string of the molecule is CC(C)c1cc(N)c2c(c1)C(=O)CC1(CCN(C)CC1)O2. The molecule has 1 aromatic carbocycles. The lowest BCUT2D eigenvalue weighted by Gasteiger charge is -2.43. The summed E-state index contributed by atoms with van der Waals surface area (Å²) in [4.78, 5) is 14.9. The Hall–Kier alpha value is -1.55. The van der Waals surface area contributed by atoms with E-state index in [-0.39, 0.29) is 11.4 Å². The Morgan fingerprint density at radius 1 is 1.29 bits per heavy atom. The van der Waals surface area contributed by atoms with Crippen LogP contribution in [0.3, 0.4) is 0 Å². The quantitative estimate of drug-likeness (QED) is 0.807. The topological polar surface area (TPSA) is 55.6 Å². The van der Waals surface area contributed by atoms with Crippen LogP contribution < -0.4 is 10.5 Å². The first-order chi connectivity index (χ1) is 9.90. The number of Topliss-reactive ketones (excluding diaryl/α,β-unsaturated/α-hetero) is 1. The Morgan fingerprint density at radius 2 is 1.95 bits per heavy atom. The number of carbonyl (C=O) groups is 1. The fourth-order valence-corrected chi connectivity index (χ4v) is 3.27. The van der Waals surface area contributed by atoms with Crippen LogP contribution in [0.25, 0.3) is 0 Å². The molecule has 2 aliphatic rings. The Balaban J connectivity index is 1.97. The maximum Gasteiger partial charge on any atom is 0.170 e. The molecule has 0 bridgehead atoms. The third kappa shape index (κ3) is 2.53. The number of nitrogens with zero attached hydrogens (tertiary/aromatic N) is 1. The summed E-state index contributed by atoms with van der Waals surface area (Å²) in [5.74, 6) is 1.14. The standard InChI is InChI=1S/C17H24N2O2/c1-11(2)12-8-13-15(20)10-17(4-6-19(3)7-5-17)21-16(13)14(18)9-12/h8-9,11H,4-7,10,18H2,1-3H3. The number of carbonyl (C=O) groups excluding carboxylic acids is 1. The number of nitrogens with two attached hydrogens (primary N) is 1. The lowest BCUT2D eigenvalue weighted by Crippen LogP contribution is -2.50. The number of benzene rings is 1. The van der Waals surface area contributed by atoms with Crippen LogP contribution in [0.2, 0.25) is 0 Å². The van der Waals surface area contributed by atoms with Crippen molar-refractivity contribution in [1.29, 1.82) is 0 Å². The molecule has 0 unspecified atom stereocenters. The average molecular weight is 288 g/mol. The molecule has 0 aliphatic carbocycles. The van der Waals surface area contributed by atoms with E-state index in [9.17, 15) is 4.79 Å². The third-order valence-electron chi connectivity index (χ3n) is 4.81. The van der Waals surface area contributed by atoms with E-state index in [2.05, 4.69) is 25.8 Å². The second-order valence-corrected chi connectivity index (χ2v) is 6.83. The molecule has 4 nitrogen and oxygen atoms in total. The van der Waals surface area contributed by atoms with E-state index in [4.69, 9.17) is 10.5 Å². The van der Waals surface area contributed by atoms with Gasteiger partial charge in [-0.05, 0) is 30.7 Å². The number of rotatable bonds is 1. The van der Waals surface area contributed by atoms with Gasteiger partial charge in [0, 0.05) is 25.9 Å². The summed E-state index contributed by atoms with van der Waals surface area (Å²) >= 11 is 0. The van der Waals surface area contributed by atoms with Crippen molar-refractivity contribution in [2.45, 2.75) is 44.6 Å². The van der Waals surface area contributed by atoms with Gasteiger partial charge in [0.25, 0.3) is 0 Å². The van der Waals surface area contributed by atoms with Crippen LogP contribution in [0.15, 0.2) is 12.1 Å². The summed E-state index contributed by atoms with van der Waals surface area (Å²) in [6, 6.07) is 3.91. The van der Waals surface area contributed by atoms with Crippen molar-refractivity contribution in [1.82, 2.24) is 4.90 Å². The zero-order valence-electron chi connectivity index (χ0n) is 13.1. The summed E-state index contributed by atoms with van der Waals surface area (Å²) in [6.45, 7) is 6.14. The van der Waals surface area contributed by atoms with Crippen LogP contribution in [0.1, 0.15) is 54.9 Å². The van der Waals surface area contributed by atoms with Gasteiger partial charge in [0.15, 0.2) is 11.5 Å². The van der Waals surface area contributed by atoms with Crippen molar-refractivity contribution in [3.05, 3.63) is 23.3 Å². The number of ketones is 1. The summed E-state index contributed by atoms with van der Waals surface area (Å²) in [5, 5.41) is 0. The fourth-order valence-electron chi connectivity index (χ4n) is 3.27. The molecule has 0 saturated carbocycles. The molecule has 0 amide bonds. The van der Waals surface area contributed by atoms with Gasteiger partial charge >= 0.3 is 0 Å². The van der Waals surface area contributed by atoms with Crippen LogP contribution in [0.5, 0.6) is 5.75 Å². The lowest BCUT2D eigenvalue weighted by atomic mass is 9.81. The highest BCUT2D eigenvalue weighted by Gasteiger charge is 2.43. The number of anilines is 1. The largest absolute Gasteiger partial charge is 0.484 e. The molecule has 114 valence electrons. The first-order valence-electron chi connectivity index (χ1n) is 7.74. The van der Waals surface area contributed by atoms with Crippen LogP contribution in [0.4, 0.5) is 5.69 Å². The summed E-state index contributed by atoms with van der Waals surface area (Å²) < 4.78 is 6.27. The summed E-state index contributed by atoms with van der Waals surface area (Å²) in [7, 11) is 2.11. The number of likely N-dealkylation sites (tertiary alicyclic amines) is 1. The number of nitrogen functional groups attached to an aromatic ring is 1. The molecule has 1 spiro atoms. The van der Waals surface area contributed by atoms with Crippen molar-refractivity contribution in [3.63, 3.8) is 0 Å². The normalized spacial score (nSPS) is 21.4. The van der Waals surface area contributed by atoms with Gasteiger partial charge in [0.1, 0.15) is 5.60 Å². The van der Waals surface area contributed by atoms with Gasteiger partial charge in [-0.15, -0.1) is 0 Å². The number of piperidine rings is 1. The van der Waals surface area contributed by atoms with Crippen molar-refractivity contribution >= 4 is 11.5 Å². The van der Waals surface area contributed by atoms with Crippen molar-refractivity contribution in [3.8, 4) is 5.75 Å². The van der Waals surface area contributed by atoms with E-state index in [0.29, 0.717) is 29.3 Å². The van der Waals surface area contributed by atoms with Crippen molar-refractivity contribution in [2.75, 3.05) is 25.9 Å². The van der Waals surface area contributed by atoms with Crippen LogP contribution >= 0.6 is 0 Å². The van der Waals surface area contributed by atoms with E-state index in [1.807, 2.05) is 12.1 Å². The zero-order valence-corrected chi connectivity index (χ0v) is 13.1. The molecule has 21 heavy (non-hydrogen) atoms. The van der Waals surface area contributed by atoms with Gasteiger partial charge < -0.3 is 15.4 Å². The summed E-state index contributed by atoms with van der Waals surface area (Å²) in [5.41, 5.74) is 8.20. The van der Waals surface area contributed by atoms with Crippen LogP contribution in [0, 0.1) is 0 Å². The van der Waals surface area contributed by atoms with Crippen molar-refractivity contribution in [2.24, 2.45) is 0 Å². The lowest BCUT2D eigenvalue weighted by molar-refractivity contribution is -0.00313. The van der Waals surface area contributed by atoms with E-state index in [1.165, 1.54) is 0 Å². The van der Waals surface area contributed by atoms with Crippen LogP contribution in [-0.2, 0) is 0 Å². The highest BCUT2D eigenvalue weighted by molar-refractivity contribution is 6.02. The highest BCUT2D eigenvalue weighted by Crippen LogP contribution is 2.43. The van der Waals surface area contributed by atoms with E-state index < -0.39 is 0 Å². The monoisotopic (exact) mass is 288 g/mol. The molecular formula is C17H24N2O2. The fraction of sp³-hybridized carbons (Fsp3) is 0.588. The smallest absolute Gasteiger partial charge is 0.170 e. The van der Waals surface area contributed by atoms with Gasteiger partial charge in [0.05, 0.1) is 17.7 Å². The van der Waals surface area contributed by atoms with Gasteiger partial charge in [0.2, 0.25) is 0 Å². The second-order valence-electron chi connectivity index (χ2n) is 6.83. The molecule has 0 atom stereocenters. The Labute approximate surface area is 126 Å². The molecule has 1 aromatic rings. The molecule has 1 fully saturated rings. The van der Waals surface area contributed by atoms with Crippen molar-refractivity contribution < 1.29 is 9.53 Å². The second kappa shape index (κ2) is 5.02. The Bertz CT molecular complexity index is 572. The molecule has 2 aliphatic heterocycles. The third-order valence-corrected chi connectivity index (χ3v) is 4.81. The van der Waals surface area contributed by atoms with Gasteiger partial charge in [-0.25, -0.2) is 0 Å². The average Bonchev–Trinajstić information content (AvgIpc) is 2.43. The Kier molecular flexibility index (Phi) is 3.44. The zero-order chi connectivity index (χ0) is 15.2. The van der Waals surface area contributed by atoms with E-state index >= 15 is 0 Å². The molecular weight excluding hydrogens is 264 g/mol. The van der Waals surface area contributed by atoms with E-state index in [1.54, 1.807) is 0 Å². The molecule has 2 heterocycles. The molecule has 4 heteroatoms. The molecule has 3 rings (SSSR count). The molecule has 0 aromatic heterocycles. The molecule has 0 radical (unpaired) electrons. The predicted octanol–water partition coefficient (Wildman–Crippen LogP) is 2.82. The van der Waals surface area contributed by atoms with Crippen LogP contribution in [-0.4, -0.2) is 36.4 Å². The minimum Gasteiger partial charge on any atom is -0.484 e. The first kappa shape index (κ1) is 14.4. The first-order valence-corrected chi connectivity index (χ1v) is 7.74. The van der Waals surface area contributed by atoms with Gasteiger partial charge in [-0.3, -0.25) is 4.79 Å². The maximum absolute atomic E-state index is 12.6. The molecule has 1 saturated heterocycles. The van der Waals surface area contributed by atoms with Gasteiger partial charge in [-0.1, -0.05) is 13.8 Å². The number of hydrogen-bond donors (Lipinski definition) is 1. The molecule has 2 N–H and O–H groups in total. The Morgan fingerprint density at radius 3 is 2.57 bits per heavy atom. The number of fused-ring (bicyclic) bond motifs is 1. The van der Waals surface area contributed by atoms with E-state index in [0.717, 1.165) is 31.5 Å². The minimum absolute atomic E-state index is 0.176. The van der Waals surface area contributed by atoms with Gasteiger partial charge in [-0.2, -0.15) is 0 Å². The number of hydrogen-bond acceptors (Lipinski definition) is 4. The minimum atomic E-state index is -0.343. The summed E-state index contributed by atoms with van der Waals surface area (Å²) in [6.07, 6.45) is 2.26. The maximum atomic E-state index is 12.6. The number of ether oxygens (including phenoxy) is 1. The highest BCUT2D eigenvalue weighted by atomic mass is 16.5. The predicted molar refractivity (Wildman–Crippen MR) is 84.0 cm³/mol.